The number of hydrogen-bond acceptors (Lipinski definition) is 7. The van der Waals surface area contributed by atoms with E-state index in [-0.39, 0.29) is 57.8 Å². The molecule has 0 aliphatic carbocycles. The van der Waals surface area contributed by atoms with E-state index < -0.39 is 28.7 Å². The van der Waals surface area contributed by atoms with Gasteiger partial charge in [0.2, 0.25) is 5.88 Å². The summed E-state index contributed by atoms with van der Waals surface area (Å²) in [6.45, 7) is 4.54. The minimum atomic E-state index is -4.51. The lowest BCUT2D eigenvalue weighted by molar-refractivity contribution is -0.134. The minimum absolute atomic E-state index is 0.00371. The lowest BCUT2D eigenvalue weighted by Crippen LogP contribution is -2.27. The molecule has 0 bridgehead atoms. The monoisotopic (exact) mass is 644 g/mol. The molecule has 4 heterocycles. The summed E-state index contributed by atoms with van der Waals surface area (Å²) in [6.07, 6.45) is -3.88. The number of hydrogen-bond donors (Lipinski definition) is 1. The summed E-state index contributed by atoms with van der Waals surface area (Å²) in [5, 5.41) is 9.64. The van der Waals surface area contributed by atoms with E-state index >= 15 is 8.78 Å². The maximum absolute atomic E-state index is 15.6. The number of rotatable bonds is 8. The van der Waals surface area contributed by atoms with E-state index in [4.69, 9.17) is 9.47 Å². The van der Waals surface area contributed by atoms with Crippen LogP contribution in [-0.4, -0.2) is 43.8 Å². The number of fused-ring (bicyclic) bond motifs is 1. The highest BCUT2D eigenvalue weighted by atomic mass is 32.1. The van der Waals surface area contributed by atoms with Crippen molar-refractivity contribution in [3.05, 3.63) is 93.2 Å². The Balaban J connectivity index is 1.29. The van der Waals surface area contributed by atoms with E-state index in [1.165, 1.54) is 30.3 Å². The lowest BCUT2D eigenvalue weighted by Gasteiger charge is -2.28. The predicted octanol–water partition coefficient (Wildman–Crippen LogP) is 7.32. The number of pyridine rings is 1. The van der Waals surface area contributed by atoms with Crippen LogP contribution in [0.4, 0.5) is 22.0 Å². The van der Waals surface area contributed by atoms with Gasteiger partial charge in [-0.05, 0) is 42.0 Å². The molecule has 234 valence electrons. The van der Waals surface area contributed by atoms with E-state index in [1.807, 2.05) is 18.4 Å². The van der Waals surface area contributed by atoms with Crippen molar-refractivity contribution in [1.29, 1.82) is 0 Å². The Bertz CT molecular complexity index is 1920. The molecule has 1 unspecified atom stereocenters. The summed E-state index contributed by atoms with van der Waals surface area (Å²) >= 11 is 0.440. The van der Waals surface area contributed by atoms with Gasteiger partial charge in [-0.25, -0.2) is 28.5 Å². The van der Waals surface area contributed by atoms with Crippen molar-refractivity contribution in [3.8, 4) is 17.1 Å². The van der Waals surface area contributed by atoms with Crippen LogP contribution in [0.5, 0.6) is 5.88 Å². The van der Waals surface area contributed by atoms with Crippen LogP contribution >= 0.6 is 11.3 Å². The van der Waals surface area contributed by atoms with Gasteiger partial charge < -0.3 is 19.1 Å². The molecule has 1 saturated heterocycles. The number of carbonyl (C=O) groups is 1. The smallest absolute Gasteiger partial charge is 0.427 e. The fraction of sp³-hybridized carbons (Fsp3) is 0.290. The number of aromatic carboxylic acids is 1. The van der Waals surface area contributed by atoms with Crippen LogP contribution in [0.25, 0.3) is 22.3 Å². The van der Waals surface area contributed by atoms with Crippen LogP contribution < -0.4 is 4.74 Å². The van der Waals surface area contributed by atoms with Crippen molar-refractivity contribution < 1.29 is 41.3 Å². The van der Waals surface area contributed by atoms with Crippen molar-refractivity contribution in [2.45, 2.75) is 39.1 Å². The third kappa shape index (κ3) is 6.12. The molecular weight excluding hydrogens is 619 g/mol. The molecule has 3 aromatic heterocycles. The standard InChI is InChI=1S/C31H25F5N4O4S/c1-30(2)15-43-13-24(30)40-23-9-16(29(41)42)6-7-22(23)38-26(40)10-17-8-20(33)18(11-19(17)32)21-4-3-5-27(39-21)44-14-28-37-12-25(45-28)31(34,35)36/h3-9,11-12,24H,10,13-15H2,1-2H3,(H,41,42). The van der Waals surface area contributed by atoms with Gasteiger partial charge in [0, 0.05) is 23.5 Å². The van der Waals surface area contributed by atoms with Crippen LogP contribution in [0.2, 0.25) is 0 Å². The van der Waals surface area contributed by atoms with Crippen molar-refractivity contribution in [2.75, 3.05) is 13.2 Å². The molecule has 1 atom stereocenters. The highest BCUT2D eigenvalue weighted by molar-refractivity contribution is 7.11. The van der Waals surface area contributed by atoms with Crippen molar-refractivity contribution in [2.24, 2.45) is 5.41 Å². The van der Waals surface area contributed by atoms with Crippen LogP contribution in [0, 0.1) is 17.0 Å². The van der Waals surface area contributed by atoms with Gasteiger partial charge in [-0.1, -0.05) is 19.9 Å². The van der Waals surface area contributed by atoms with Gasteiger partial charge in [-0.15, -0.1) is 11.3 Å². The first-order valence-corrected chi connectivity index (χ1v) is 14.5. The van der Waals surface area contributed by atoms with Crippen molar-refractivity contribution >= 4 is 28.3 Å². The maximum atomic E-state index is 15.6. The molecular formula is C31H25F5N4O4S. The van der Waals surface area contributed by atoms with Crippen LogP contribution in [0.1, 0.15) is 51.5 Å². The molecule has 0 spiro atoms. The zero-order valence-electron chi connectivity index (χ0n) is 23.9. The van der Waals surface area contributed by atoms with Crippen LogP contribution in [-0.2, 0) is 23.9 Å². The molecule has 45 heavy (non-hydrogen) atoms. The van der Waals surface area contributed by atoms with E-state index in [1.54, 1.807) is 6.07 Å². The third-order valence-electron chi connectivity index (χ3n) is 7.63. The second kappa shape index (κ2) is 11.5. The quantitative estimate of drug-likeness (QED) is 0.177. The summed E-state index contributed by atoms with van der Waals surface area (Å²) in [5.41, 5.74) is 0.755. The number of carboxylic acids is 1. The summed E-state index contributed by atoms with van der Waals surface area (Å²) in [5.74, 6) is -2.15. The number of aromatic nitrogens is 4. The summed E-state index contributed by atoms with van der Waals surface area (Å²) in [7, 11) is 0. The topological polar surface area (TPSA) is 99.4 Å². The number of benzene rings is 2. The molecule has 1 aliphatic rings. The van der Waals surface area contributed by atoms with Crippen LogP contribution in [0.15, 0.2) is 54.7 Å². The Kier molecular flexibility index (Phi) is 7.81. The fourth-order valence-electron chi connectivity index (χ4n) is 5.31. The van der Waals surface area contributed by atoms with Crippen LogP contribution in [0.3, 0.4) is 0 Å². The predicted molar refractivity (Wildman–Crippen MR) is 154 cm³/mol. The van der Waals surface area contributed by atoms with E-state index in [0.29, 0.717) is 41.4 Å². The van der Waals surface area contributed by atoms with Crippen molar-refractivity contribution in [3.63, 3.8) is 0 Å². The average Bonchev–Trinajstić information content (AvgIpc) is 3.69. The van der Waals surface area contributed by atoms with E-state index in [2.05, 4.69) is 15.0 Å². The Morgan fingerprint density at radius 1 is 1.13 bits per heavy atom. The summed E-state index contributed by atoms with van der Waals surface area (Å²) in [6, 6.07) is 10.8. The number of carboxylic acid groups (broad SMARTS) is 1. The Hall–Kier alpha value is -4.43. The second-order valence-electron chi connectivity index (χ2n) is 11.3. The Labute approximate surface area is 257 Å². The van der Waals surface area contributed by atoms with Gasteiger partial charge >= 0.3 is 12.1 Å². The summed E-state index contributed by atoms with van der Waals surface area (Å²) < 4.78 is 82.8. The number of ether oxygens (including phenoxy) is 2. The first-order chi connectivity index (χ1) is 21.3. The van der Waals surface area contributed by atoms with Gasteiger partial charge in [0.1, 0.15) is 34.0 Å². The van der Waals surface area contributed by atoms with Gasteiger partial charge in [0.25, 0.3) is 0 Å². The molecule has 8 nitrogen and oxygen atoms in total. The van der Waals surface area contributed by atoms with Gasteiger partial charge in [0.05, 0.1) is 47.7 Å². The number of thiazole rings is 1. The minimum Gasteiger partial charge on any atom is -0.478 e. The van der Waals surface area contributed by atoms with E-state index in [0.717, 1.165) is 18.3 Å². The Morgan fingerprint density at radius 2 is 1.93 bits per heavy atom. The first-order valence-electron chi connectivity index (χ1n) is 13.7. The number of imidazole rings is 1. The molecule has 5 aromatic rings. The molecule has 0 saturated carbocycles. The lowest BCUT2D eigenvalue weighted by atomic mass is 9.87. The van der Waals surface area contributed by atoms with Gasteiger partial charge in [-0.3, -0.25) is 0 Å². The molecule has 1 fully saturated rings. The Morgan fingerprint density at radius 3 is 2.62 bits per heavy atom. The highest BCUT2D eigenvalue weighted by Crippen LogP contribution is 2.41. The zero-order valence-corrected chi connectivity index (χ0v) is 24.7. The fourth-order valence-corrected chi connectivity index (χ4v) is 6.01. The number of halogens is 5. The number of alkyl halides is 3. The normalized spacial score (nSPS) is 16.4. The molecule has 1 N–H and O–H groups in total. The van der Waals surface area contributed by atoms with Gasteiger partial charge in [0.15, 0.2) is 0 Å². The van der Waals surface area contributed by atoms with Gasteiger partial charge in [-0.2, -0.15) is 13.2 Å². The largest absolute Gasteiger partial charge is 0.478 e. The molecule has 0 radical (unpaired) electrons. The number of nitrogens with zero attached hydrogens (tertiary/aromatic N) is 4. The first kappa shape index (κ1) is 30.6. The van der Waals surface area contributed by atoms with E-state index in [9.17, 15) is 23.1 Å². The zero-order chi connectivity index (χ0) is 32.1. The molecule has 2 aromatic carbocycles. The third-order valence-corrected chi connectivity index (χ3v) is 8.65. The second-order valence-corrected chi connectivity index (χ2v) is 12.4. The SMILES string of the molecule is CC1(C)COCC1n1c(Cc2cc(F)c(-c3cccc(OCc4ncc(C(F)(F)F)s4)n3)cc2F)nc2ccc(C(=O)O)cc21. The molecule has 0 amide bonds. The van der Waals surface area contributed by atoms with Crippen molar-refractivity contribution in [1.82, 2.24) is 19.5 Å². The maximum Gasteiger partial charge on any atom is 0.427 e. The molecule has 6 rings (SSSR count). The summed E-state index contributed by atoms with van der Waals surface area (Å²) in [4.78, 5) is 23.4. The molecule has 1 aliphatic heterocycles. The highest BCUT2D eigenvalue weighted by Gasteiger charge is 2.39. The average molecular weight is 645 g/mol. The molecule has 14 heteroatoms.